The van der Waals surface area contributed by atoms with Gasteiger partial charge in [0.15, 0.2) is 11.6 Å². The molecule has 0 aliphatic heterocycles. The molecule has 3 aromatic carbocycles. The maximum atomic E-state index is 13.7. The first-order chi connectivity index (χ1) is 18.2. The van der Waals surface area contributed by atoms with E-state index >= 15 is 0 Å². The second kappa shape index (κ2) is 12.0. The van der Waals surface area contributed by atoms with E-state index < -0.39 is 11.6 Å². The van der Waals surface area contributed by atoms with Crippen LogP contribution in [0, 0.1) is 17.6 Å². The summed E-state index contributed by atoms with van der Waals surface area (Å²) in [6, 6.07) is 19.6. The summed E-state index contributed by atoms with van der Waals surface area (Å²) in [5.74, 6) is -1.71. The van der Waals surface area contributed by atoms with Gasteiger partial charge in [-0.2, -0.15) is 0 Å². The van der Waals surface area contributed by atoms with Crippen LogP contribution in [0.1, 0.15) is 66.4 Å². The molecule has 0 aliphatic rings. The third-order valence-corrected chi connectivity index (χ3v) is 6.21. The van der Waals surface area contributed by atoms with Crippen molar-refractivity contribution >= 4 is 23.0 Å². The van der Waals surface area contributed by atoms with Crippen molar-refractivity contribution in [2.45, 2.75) is 46.7 Å². The summed E-state index contributed by atoms with van der Waals surface area (Å²) < 4.78 is 29.2. The van der Waals surface area contributed by atoms with Crippen LogP contribution in [0.25, 0.3) is 10.9 Å². The number of oxime groups is 1. The molecular formula is C31H33F2N3O2. The minimum Gasteiger partial charge on any atom is -0.396 e. The standard InChI is InChI=1S/C31H33F2N3O2/c1-20(2)19-38-35-17-24-10-12-25-28(15-24)36(18-22-8-6-5-7-9-22)30(21(3)4)29(25)31(37)34-16-23-11-13-26(32)27(33)14-23/h5-15,17,20-21H,16,18-19H2,1-4H3,(H,34,37)/b35-17+. The zero-order valence-corrected chi connectivity index (χ0v) is 22.2. The maximum absolute atomic E-state index is 13.7. The fourth-order valence-electron chi connectivity index (χ4n) is 4.45. The van der Waals surface area contributed by atoms with Crippen molar-refractivity contribution in [3.05, 3.63) is 106 Å². The molecule has 198 valence electrons. The number of hydrogen-bond donors (Lipinski definition) is 1. The lowest BCUT2D eigenvalue weighted by Crippen LogP contribution is -2.24. The Balaban J connectivity index is 1.75. The summed E-state index contributed by atoms with van der Waals surface area (Å²) in [4.78, 5) is 19.0. The topological polar surface area (TPSA) is 55.6 Å². The van der Waals surface area contributed by atoms with Crippen LogP contribution in [0.5, 0.6) is 0 Å². The van der Waals surface area contributed by atoms with Crippen molar-refractivity contribution in [3.63, 3.8) is 0 Å². The normalized spacial score (nSPS) is 11.7. The summed E-state index contributed by atoms with van der Waals surface area (Å²) in [7, 11) is 0. The van der Waals surface area contributed by atoms with Gasteiger partial charge < -0.3 is 14.7 Å². The maximum Gasteiger partial charge on any atom is 0.254 e. The second-order valence-corrected chi connectivity index (χ2v) is 10.1. The van der Waals surface area contributed by atoms with E-state index in [1.165, 1.54) is 6.07 Å². The Kier molecular flexibility index (Phi) is 8.56. The van der Waals surface area contributed by atoms with Gasteiger partial charge >= 0.3 is 0 Å². The predicted molar refractivity (Wildman–Crippen MR) is 147 cm³/mol. The van der Waals surface area contributed by atoms with E-state index in [0.717, 1.165) is 39.9 Å². The molecule has 0 radical (unpaired) electrons. The molecule has 0 fully saturated rings. The van der Waals surface area contributed by atoms with Crippen molar-refractivity contribution < 1.29 is 18.4 Å². The Morgan fingerprint density at radius 3 is 2.42 bits per heavy atom. The van der Waals surface area contributed by atoms with Crippen LogP contribution in [0.2, 0.25) is 0 Å². The van der Waals surface area contributed by atoms with Crippen molar-refractivity contribution in [1.82, 2.24) is 9.88 Å². The molecule has 0 saturated carbocycles. The quantitative estimate of drug-likeness (QED) is 0.181. The summed E-state index contributed by atoms with van der Waals surface area (Å²) in [6.45, 7) is 9.44. The van der Waals surface area contributed by atoms with Crippen LogP contribution < -0.4 is 5.32 Å². The summed E-state index contributed by atoms with van der Waals surface area (Å²) >= 11 is 0. The van der Waals surface area contributed by atoms with Crippen LogP contribution in [-0.2, 0) is 17.9 Å². The number of carbonyl (C=O) groups is 1. The number of nitrogens with one attached hydrogen (secondary N) is 1. The zero-order valence-electron chi connectivity index (χ0n) is 22.2. The van der Waals surface area contributed by atoms with E-state index in [1.807, 2.05) is 36.4 Å². The Hall–Kier alpha value is -4.00. The van der Waals surface area contributed by atoms with E-state index in [2.05, 4.69) is 54.9 Å². The molecule has 0 unspecified atom stereocenters. The number of fused-ring (bicyclic) bond motifs is 1. The van der Waals surface area contributed by atoms with E-state index in [0.29, 0.717) is 30.2 Å². The van der Waals surface area contributed by atoms with E-state index in [1.54, 1.807) is 6.21 Å². The lowest BCUT2D eigenvalue weighted by molar-refractivity contribution is 0.0951. The van der Waals surface area contributed by atoms with Gasteiger partial charge in [-0.1, -0.05) is 81.4 Å². The fraction of sp³-hybridized carbons (Fsp3) is 0.290. The van der Waals surface area contributed by atoms with Crippen LogP contribution in [0.4, 0.5) is 8.78 Å². The molecule has 1 N–H and O–H groups in total. The highest BCUT2D eigenvalue weighted by molar-refractivity contribution is 6.09. The molecule has 0 aliphatic carbocycles. The SMILES string of the molecule is CC(C)CO/N=C/c1ccc2c(C(=O)NCc3ccc(F)c(F)c3)c(C(C)C)n(Cc3ccccc3)c2c1. The number of benzene rings is 3. The highest BCUT2D eigenvalue weighted by atomic mass is 19.2. The van der Waals surface area contributed by atoms with Gasteiger partial charge in [0, 0.05) is 24.2 Å². The number of rotatable bonds is 10. The molecule has 38 heavy (non-hydrogen) atoms. The molecule has 7 heteroatoms. The van der Waals surface area contributed by atoms with Crippen molar-refractivity contribution in [1.29, 1.82) is 0 Å². The van der Waals surface area contributed by atoms with Gasteiger partial charge in [-0.3, -0.25) is 4.79 Å². The number of hydrogen-bond acceptors (Lipinski definition) is 3. The summed E-state index contributed by atoms with van der Waals surface area (Å²) in [5.41, 5.74) is 4.83. The lowest BCUT2D eigenvalue weighted by Gasteiger charge is -2.16. The second-order valence-electron chi connectivity index (χ2n) is 10.1. The van der Waals surface area contributed by atoms with Crippen LogP contribution in [0.15, 0.2) is 71.9 Å². The van der Waals surface area contributed by atoms with Crippen LogP contribution in [-0.4, -0.2) is 23.3 Å². The minimum atomic E-state index is -0.939. The highest BCUT2D eigenvalue weighted by Gasteiger charge is 2.25. The third-order valence-electron chi connectivity index (χ3n) is 6.21. The third kappa shape index (κ3) is 6.28. The number of amides is 1. The molecule has 0 bridgehead atoms. The molecule has 1 heterocycles. The molecule has 1 amide bonds. The largest absolute Gasteiger partial charge is 0.396 e. The van der Waals surface area contributed by atoms with Gasteiger partial charge in [0.25, 0.3) is 5.91 Å². The Bertz CT molecular complexity index is 1440. The molecule has 1 aromatic heterocycles. The predicted octanol–water partition coefficient (Wildman–Crippen LogP) is 7.03. The van der Waals surface area contributed by atoms with Crippen LogP contribution in [0.3, 0.4) is 0 Å². The number of halogens is 2. The van der Waals surface area contributed by atoms with Gasteiger partial charge in [0.2, 0.25) is 0 Å². The minimum absolute atomic E-state index is 0.0432. The van der Waals surface area contributed by atoms with E-state index in [-0.39, 0.29) is 18.4 Å². The monoisotopic (exact) mass is 517 g/mol. The average molecular weight is 518 g/mol. The van der Waals surface area contributed by atoms with Gasteiger partial charge in [-0.25, -0.2) is 8.78 Å². The Morgan fingerprint density at radius 2 is 1.74 bits per heavy atom. The Morgan fingerprint density at radius 1 is 0.974 bits per heavy atom. The van der Waals surface area contributed by atoms with Gasteiger partial charge in [0.05, 0.1) is 17.3 Å². The first-order valence-electron chi connectivity index (χ1n) is 12.8. The zero-order chi connectivity index (χ0) is 27.2. The van der Waals surface area contributed by atoms with E-state index in [4.69, 9.17) is 4.84 Å². The van der Waals surface area contributed by atoms with E-state index in [9.17, 15) is 13.6 Å². The molecule has 4 aromatic rings. The molecule has 4 rings (SSSR count). The van der Waals surface area contributed by atoms with Gasteiger partial charge in [-0.15, -0.1) is 0 Å². The number of carbonyl (C=O) groups excluding carboxylic acids is 1. The van der Waals surface area contributed by atoms with Crippen LogP contribution >= 0.6 is 0 Å². The van der Waals surface area contributed by atoms with Crippen molar-refractivity contribution in [3.8, 4) is 0 Å². The smallest absolute Gasteiger partial charge is 0.254 e. The Labute approximate surface area is 222 Å². The molecule has 0 atom stereocenters. The van der Waals surface area contributed by atoms with Crippen molar-refractivity contribution in [2.24, 2.45) is 11.1 Å². The van der Waals surface area contributed by atoms with Crippen molar-refractivity contribution in [2.75, 3.05) is 6.61 Å². The first kappa shape index (κ1) is 27.0. The number of aromatic nitrogens is 1. The molecular weight excluding hydrogens is 484 g/mol. The fourth-order valence-corrected chi connectivity index (χ4v) is 4.45. The average Bonchev–Trinajstić information content (AvgIpc) is 3.21. The molecule has 0 saturated heterocycles. The van der Waals surface area contributed by atoms with Gasteiger partial charge in [-0.05, 0) is 46.7 Å². The summed E-state index contributed by atoms with van der Waals surface area (Å²) in [5, 5.41) is 7.83. The van der Waals surface area contributed by atoms with Gasteiger partial charge in [0.1, 0.15) is 6.61 Å². The highest BCUT2D eigenvalue weighted by Crippen LogP contribution is 2.33. The lowest BCUT2D eigenvalue weighted by atomic mass is 10.0. The number of nitrogens with zero attached hydrogens (tertiary/aromatic N) is 2. The first-order valence-corrected chi connectivity index (χ1v) is 12.8. The summed E-state index contributed by atoms with van der Waals surface area (Å²) in [6.07, 6.45) is 1.68. The molecule has 5 nitrogen and oxygen atoms in total. The molecule has 0 spiro atoms.